The van der Waals surface area contributed by atoms with Gasteiger partial charge in [-0.3, -0.25) is 4.90 Å². The van der Waals surface area contributed by atoms with E-state index < -0.39 is 5.82 Å². The van der Waals surface area contributed by atoms with Crippen LogP contribution in [-0.2, 0) is 4.74 Å². The average Bonchev–Trinajstić information content (AvgIpc) is 2.92. The van der Waals surface area contributed by atoms with Crippen LogP contribution in [0.3, 0.4) is 0 Å². The highest BCUT2D eigenvalue weighted by molar-refractivity contribution is 6.30. The summed E-state index contributed by atoms with van der Waals surface area (Å²) in [5, 5.41) is 10.2. The molecule has 0 aliphatic carbocycles. The van der Waals surface area contributed by atoms with Crippen LogP contribution in [0.15, 0.2) is 67.0 Å². The van der Waals surface area contributed by atoms with Gasteiger partial charge in [0.2, 0.25) is 5.95 Å². The first-order chi connectivity index (χ1) is 18.1. The fourth-order valence-electron chi connectivity index (χ4n) is 3.83. The lowest BCUT2D eigenvalue weighted by Gasteiger charge is -2.26. The molecule has 0 amide bonds. The summed E-state index contributed by atoms with van der Waals surface area (Å²) in [4.78, 5) is 19.8. The van der Waals surface area contributed by atoms with Gasteiger partial charge >= 0.3 is 0 Å². The third-order valence-electron chi connectivity index (χ3n) is 5.74. The third kappa shape index (κ3) is 6.88. The molecule has 0 spiro atoms. The van der Waals surface area contributed by atoms with Crippen molar-refractivity contribution in [1.82, 2.24) is 24.8 Å². The van der Waals surface area contributed by atoms with Gasteiger partial charge in [-0.15, -0.1) is 0 Å². The maximum atomic E-state index is 14.2. The summed E-state index contributed by atoms with van der Waals surface area (Å²) in [7, 11) is 0. The number of halogens is 2. The fraction of sp³-hybridized carbons (Fsp3) is 0.231. The minimum absolute atomic E-state index is 0.219. The summed E-state index contributed by atoms with van der Waals surface area (Å²) in [6.07, 6.45) is 3.18. The summed E-state index contributed by atoms with van der Waals surface area (Å²) >= 11 is 6.01. The van der Waals surface area contributed by atoms with Gasteiger partial charge in [0.05, 0.1) is 18.8 Å². The molecule has 1 aliphatic heterocycles. The summed E-state index contributed by atoms with van der Waals surface area (Å²) in [6, 6.07) is 15.6. The Labute approximate surface area is 219 Å². The molecule has 3 heterocycles. The number of hydrogen-bond donors (Lipinski definition) is 3. The Hall–Kier alpha value is -3.86. The van der Waals surface area contributed by atoms with E-state index in [-0.39, 0.29) is 11.4 Å². The quantitative estimate of drug-likeness (QED) is 0.283. The van der Waals surface area contributed by atoms with Gasteiger partial charge in [-0.25, -0.2) is 19.3 Å². The van der Waals surface area contributed by atoms with Crippen LogP contribution in [0.2, 0.25) is 5.02 Å². The monoisotopic (exact) mass is 520 g/mol. The molecule has 190 valence electrons. The number of rotatable bonds is 9. The summed E-state index contributed by atoms with van der Waals surface area (Å²) in [6.45, 7) is 5.44. The Morgan fingerprint density at radius 3 is 2.41 bits per heavy atom. The van der Waals surface area contributed by atoms with Crippen LogP contribution >= 0.6 is 11.6 Å². The van der Waals surface area contributed by atoms with Crippen molar-refractivity contribution in [3.05, 3.63) is 77.8 Å². The van der Waals surface area contributed by atoms with Crippen LogP contribution in [-0.4, -0.2) is 64.2 Å². The topological polar surface area (TPSA) is 100 Å². The zero-order valence-corrected chi connectivity index (χ0v) is 20.7. The van der Waals surface area contributed by atoms with E-state index in [1.807, 2.05) is 24.3 Å². The molecule has 0 unspecified atom stereocenters. The van der Waals surface area contributed by atoms with Crippen molar-refractivity contribution < 1.29 is 9.13 Å². The largest absolute Gasteiger partial charge is 0.384 e. The second kappa shape index (κ2) is 11.9. The Morgan fingerprint density at radius 1 is 0.865 bits per heavy atom. The Bertz CT molecular complexity index is 1330. The average molecular weight is 521 g/mol. The molecule has 1 aliphatic rings. The van der Waals surface area contributed by atoms with E-state index >= 15 is 0 Å². The minimum Gasteiger partial charge on any atom is -0.384 e. The van der Waals surface area contributed by atoms with Crippen molar-refractivity contribution in [3.63, 3.8) is 0 Å². The van der Waals surface area contributed by atoms with E-state index in [0.29, 0.717) is 22.6 Å². The van der Waals surface area contributed by atoms with Gasteiger partial charge in [0.25, 0.3) is 0 Å². The summed E-state index contributed by atoms with van der Waals surface area (Å²) < 4.78 is 19.6. The second-order valence-electron chi connectivity index (χ2n) is 8.36. The molecule has 9 nitrogen and oxygen atoms in total. The molecule has 0 saturated carbocycles. The first-order valence-corrected chi connectivity index (χ1v) is 12.3. The number of ether oxygens (including phenoxy) is 1. The van der Waals surface area contributed by atoms with Crippen molar-refractivity contribution >= 4 is 40.6 Å². The lowest BCUT2D eigenvalue weighted by atomic mass is 10.2. The number of nitrogens with zero attached hydrogens (tertiary/aromatic N) is 5. The first-order valence-electron chi connectivity index (χ1n) is 11.9. The van der Waals surface area contributed by atoms with Crippen molar-refractivity contribution in [1.29, 1.82) is 0 Å². The highest BCUT2D eigenvalue weighted by atomic mass is 35.5. The SMILES string of the molecule is Fc1ccc(Cl)cc1-c1nccc(Nc2ccnc(Nc3ccc(NCCN4CCOCC4)cc3)n2)n1. The van der Waals surface area contributed by atoms with Crippen molar-refractivity contribution in [3.8, 4) is 11.4 Å². The van der Waals surface area contributed by atoms with Gasteiger partial charge in [0.1, 0.15) is 17.5 Å². The highest BCUT2D eigenvalue weighted by Crippen LogP contribution is 2.25. The Balaban J connectivity index is 1.19. The van der Waals surface area contributed by atoms with Crippen molar-refractivity contribution in [2.45, 2.75) is 0 Å². The molecule has 2 aromatic heterocycles. The first kappa shape index (κ1) is 24.8. The predicted octanol–water partition coefficient (Wildman–Crippen LogP) is 4.96. The smallest absolute Gasteiger partial charge is 0.229 e. The van der Waals surface area contributed by atoms with E-state index in [1.54, 1.807) is 24.5 Å². The molecule has 37 heavy (non-hydrogen) atoms. The van der Waals surface area contributed by atoms with Crippen LogP contribution in [0.25, 0.3) is 11.4 Å². The molecule has 4 aromatic rings. The van der Waals surface area contributed by atoms with E-state index in [2.05, 4.69) is 40.8 Å². The molecule has 2 aromatic carbocycles. The molecular weight excluding hydrogens is 495 g/mol. The predicted molar refractivity (Wildman–Crippen MR) is 143 cm³/mol. The highest BCUT2D eigenvalue weighted by Gasteiger charge is 2.11. The van der Waals surface area contributed by atoms with Gasteiger partial charge in [-0.05, 0) is 54.6 Å². The maximum absolute atomic E-state index is 14.2. The molecule has 5 rings (SSSR count). The van der Waals surface area contributed by atoms with Gasteiger partial charge in [0.15, 0.2) is 5.82 Å². The van der Waals surface area contributed by atoms with E-state index in [0.717, 1.165) is 50.8 Å². The lowest BCUT2D eigenvalue weighted by Crippen LogP contribution is -2.38. The van der Waals surface area contributed by atoms with Crippen LogP contribution < -0.4 is 16.0 Å². The number of hydrogen-bond acceptors (Lipinski definition) is 9. The van der Waals surface area contributed by atoms with Crippen molar-refractivity contribution in [2.24, 2.45) is 0 Å². The minimum atomic E-state index is -0.451. The van der Waals surface area contributed by atoms with Gasteiger partial charge in [0, 0.05) is 55.0 Å². The van der Waals surface area contributed by atoms with Crippen LogP contribution in [0.4, 0.5) is 33.3 Å². The lowest BCUT2D eigenvalue weighted by molar-refractivity contribution is 0.0398. The zero-order valence-electron chi connectivity index (χ0n) is 20.0. The summed E-state index contributed by atoms with van der Waals surface area (Å²) in [5.41, 5.74) is 2.13. The van der Waals surface area contributed by atoms with Crippen LogP contribution in [0, 0.1) is 5.82 Å². The van der Waals surface area contributed by atoms with E-state index in [4.69, 9.17) is 16.3 Å². The Morgan fingerprint density at radius 2 is 1.59 bits per heavy atom. The number of anilines is 5. The maximum Gasteiger partial charge on any atom is 0.229 e. The third-order valence-corrected chi connectivity index (χ3v) is 5.97. The molecular formula is C26H26ClFN8O. The zero-order chi connectivity index (χ0) is 25.5. The van der Waals surface area contributed by atoms with Gasteiger partial charge in [-0.2, -0.15) is 4.98 Å². The molecule has 0 radical (unpaired) electrons. The Kier molecular flexibility index (Phi) is 7.99. The van der Waals surface area contributed by atoms with E-state index in [9.17, 15) is 4.39 Å². The van der Waals surface area contributed by atoms with Crippen molar-refractivity contribution in [2.75, 3.05) is 55.3 Å². The normalized spacial score (nSPS) is 13.8. The number of nitrogens with one attached hydrogen (secondary N) is 3. The molecule has 11 heteroatoms. The number of benzene rings is 2. The number of aromatic nitrogens is 4. The van der Waals surface area contributed by atoms with Crippen LogP contribution in [0.5, 0.6) is 0 Å². The summed E-state index contributed by atoms with van der Waals surface area (Å²) in [5.74, 6) is 1.18. The second-order valence-corrected chi connectivity index (χ2v) is 8.80. The van der Waals surface area contributed by atoms with E-state index in [1.165, 1.54) is 18.2 Å². The molecule has 3 N–H and O–H groups in total. The van der Waals surface area contributed by atoms with Gasteiger partial charge in [-0.1, -0.05) is 11.6 Å². The molecule has 0 atom stereocenters. The standard InChI is InChI=1S/C26H26ClFN8O/c27-18-1-6-22(28)21(17-18)25-30-9-7-23(34-25)33-24-8-10-31-26(35-24)32-20-4-2-19(3-5-20)29-11-12-36-13-15-37-16-14-36/h1-10,17,29H,11-16H2,(H2,30,31,32,33,34,35). The van der Waals surface area contributed by atoms with Crippen LogP contribution in [0.1, 0.15) is 0 Å². The molecule has 1 saturated heterocycles. The molecule has 1 fully saturated rings. The van der Waals surface area contributed by atoms with Gasteiger partial charge < -0.3 is 20.7 Å². The fourth-order valence-corrected chi connectivity index (χ4v) is 4.00. The number of morpholine rings is 1. The molecule has 0 bridgehead atoms.